The zero-order valence-electron chi connectivity index (χ0n) is 18.6. The number of anilines is 1. The summed E-state index contributed by atoms with van der Waals surface area (Å²) in [5.74, 6) is 1.27. The molecule has 34 heavy (non-hydrogen) atoms. The Kier molecular flexibility index (Phi) is 4.20. The lowest BCUT2D eigenvalue weighted by atomic mass is 9.92. The summed E-state index contributed by atoms with van der Waals surface area (Å²) < 4.78 is 5.78. The first kappa shape index (κ1) is 19.6. The van der Waals surface area contributed by atoms with Gasteiger partial charge in [-0.25, -0.2) is 0 Å². The number of benzene rings is 3. The van der Waals surface area contributed by atoms with E-state index in [0.29, 0.717) is 6.61 Å². The van der Waals surface area contributed by atoms with Crippen molar-refractivity contribution in [3.8, 4) is 5.75 Å². The molecule has 0 unspecified atom stereocenters. The number of aromatic amines is 1. The lowest BCUT2D eigenvalue weighted by Crippen LogP contribution is -2.20. The van der Waals surface area contributed by atoms with Gasteiger partial charge >= 0.3 is 0 Å². The number of hydrogen-bond donors (Lipinski definition) is 3. The average Bonchev–Trinajstić information content (AvgIpc) is 3.48. The van der Waals surface area contributed by atoms with Crippen molar-refractivity contribution in [2.45, 2.75) is 24.3 Å². The predicted octanol–water partition coefficient (Wildman–Crippen LogP) is 4.59. The predicted molar refractivity (Wildman–Crippen MR) is 133 cm³/mol. The van der Waals surface area contributed by atoms with Crippen molar-refractivity contribution >= 4 is 34.6 Å². The molecule has 6 heteroatoms. The van der Waals surface area contributed by atoms with Gasteiger partial charge in [-0.15, -0.1) is 0 Å². The first-order chi connectivity index (χ1) is 16.7. The Bertz CT molecular complexity index is 1490. The Morgan fingerprint density at radius 1 is 1.06 bits per heavy atom. The third-order valence-corrected chi connectivity index (χ3v) is 7.41. The van der Waals surface area contributed by atoms with Crippen LogP contribution in [0.3, 0.4) is 0 Å². The molecule has 7 rings (SSSR count). The largest absolute Gasteiger partial charge is 0.492 e. The highest BCUT2D eigenvalue weighted by Crippen LogP contribution is 2.64. The molecule has 0 radical (unpaired) electrons. The summed E-state index contributed by atoms with van der Waals surface area (Å²) in [4.78, 5) is 12.8. The molecule has 4 aromatic rings. The van der Waals surface area contributed by atoms with Crippen LogP contribution in [0.15, 0.2) is 60.7 Å². The fourth-order valence-electron chi connectivity index (χ4n) is 5.57. The van der Waals surface area contributed by atoms with Crippen LogP contribution in [-0.4, -0.2) is 29.3 Å². The third kappa shape index (κ3) is 2.92. The lowest BCUT2D eigenvalue weighted by Gasteiger charge is -2.08. The number of amides is 1. The van der Waals surface area contributed by atoms with Crippen LogP contribution in [0.5, 0.6) is 5.75 Å². The SMILES string of the molecule is O=C1Nc2ccccc2[C@]12C[C@H]2c1ccc2c(C=Cc3ccc4c(c3)CNCCO4)n[nH]c2c1. The molecular weight excluding hydrogens is 424 g/mol. The van der Waals surface area contributed by atoms with E-state index in [9.17, 15) is 4.79 Å². The van der Waals surface area contributed by atoms with E-state index in [0.717, 1.165) is 58.7 Å². The first-order valence-corrected chi connectivity index (χ1v) is 11.8. The number of carbonyl (C=O) groups excluding carboxylic acids is 1. The lowest BCUT2D eigenvalue weighted by molar-refractivity contribution is -0.118. The van der Waals surface area contributed by atoms with Crippen molar-refractivity contribution in [3.63, 3.8) is 0 Å². The van der Waals surface area contributed by atoms with Crippen LogP contribution in [-0.2, 0) is 16.8 Å². The Morgan fingerprint density at radius 2 is 2.00 bits per heavy atom. The number of carbonyl (C=O) groups is 1. The van der Waals surface area contributed by atoms with Gasteiger partial charge in [0.2, 0.25) is 5.91 Å². The van der Waals surface area contributed by atoms with Gasteiger partial charge in [0.25, 0.3) is 0 Å². The maximum atomic E-state index is 12.8. The number of rotatable bonds is 3. The molecule has 3 N–H and O–H groups in total. The number of nitrogens with one attached hydrogen (secondary N) is 3. The maximum Gasteiger partial charge on any atom is 0.235 e. The van der Waals surface area contributed by atoms with E-state index in [1.54, 1.807) is 0 Å². The molecule has 3 aromatic carbocycles. The van der Waals surface area contributed by atoms with Crippen molar-refractivity contribution in [3.05, 3.63) is 88.6 Å². The minimum atomic E-state index is -0.420. The Labute approximate surface area is 197 Å². The van der Waals surface area contributed by atoms with Gasteiger partial charge in [-0.2, -0.15) is 5.10 Å². The summed E-state index contributed by atoms with van der Waals surface area (Å²) >= 11 is 0. The van der Waals surface area contributed by atoms with Gasteiger partial charge in [-0.3, -0.25) is 9.89 Å². The molecule has 168 valence electrons. The molecule has 2 aliphatic heterocycles. The number of aromatic nitrogens is 2. The van der Waals surface area contributed by atoms with Crippen molar-refractivity contribution < 1.29 is 9.53 Å². The van der Waals surface area contributed by atoms with Crippen molar-refractivity contribution in [2.75, 3.05) is 18.5 Å². The van der Waals surface area contributed by atoms with Gasteiger partial charge in [-0.05, 0) is 53.5 Å². The van der Waals surface area contributed by atoms with Crippen LogP contribution in [0.1, 0.15) is 40.3 Å². The number of hydrogen-bond acceptors (Lipinski definition) is 4. The average molecular weight is 449 g/mol. The van der Waals surface area contributed by atoms with Gasteiger partial charge in [-0.1, -0.05) is 42.5 Å². The zero-order valence-corrected chi connectivity index (χ0v) is 18.6. The van der Waals surface area contributed by atoms with E-state index in [1.165, 1.54) is 11.1 Å². The number of ether oxygens (including phenoxy) is 1. The summed E-state index contributed by atoms with van der Waals surface area (Å²) in [6.07, 6.45) is 4.98. The summed E-state index contributed by atoms with van der Waals surface area (Å²) in [5.41, 5.74) is 7.01. The molecule has 0 saturated heterocycles. The van der Waals surface area contributed by atoms with Crippen molar-refractivity contribution in [2.24, 2.45) is 0 Å². The van der Waals surface area contributed by atoms with Gasteiger partial charge in [0.15, 0.2) is 0 Å². The van der Waals surface area contributed by atoms with Gasteiger partial charge < -0.3 is 15.4 Å². The Morgan fingerprint density at radius 3 is 2.97 bits per heavy atom. The van der Waals surface area contributed by atoms with Crippen LogP contribution >= 0.6 is 0 Å². The highest BCUT2D eigenvalue weighted by Gasteiger charge is 2.65. The molecule has 1 fully saturated rings. The molecule has 3 heterocycles. The topological polar surface area (TPSA) is 79.0 Å². The number of nitrogens with zero attached hydrogens (tertiary/aromatic N) is 1. The number of para-hydroxylation sites is 1. The first-order valence-electron chi connectivity index (χ1n) is 11.8. The molecular formula is C28H24N4O2. The second kappa shape index (κ2) is 7.30. The van der Waals surface area contributed by atoms with Crippen LogP contribution < -0.4 is 15.4 Å². The van der Waals surface area contributed by atoms with Crippen LogP contribution in [0.2, 0.25) is 0 Å². The molecule has 1 spiro atoms. The third-order valence-electron chi connectivity index (χ3n) is 7.41. The monoisotopic (exact) mass is 448 g/mol. The smallest absolute Gasteiger partial charge is 0.235 e. The van der Waals surface area contributed by atoms with Crippen molar-refractivity contribution in [1.82, 2.24) is 15.5 Å². The summed E-state index contributed by atoms with van der Waals surface area (Å²) in [5, 5.41) is 15.2. The fraction of sp³-hybridized carbons (Fsp3) is 0.214. The second-order valence-electron chi connectivity index (χ2n) is 9.37. The molecule has 1 amide bonds. The van der Waals surface area contributed by atoms with E-state index in [2.05, 4.69) is 63.3 Å². The molecule has 6 nitrogen and oxygen atoms in total. The molecule has 1 aliphatic carbocycles. The van der Waals surface area contributed by atoms with E-state index < -0.39 is 5.41 Å². The molecule has 0 bridgehead atoms. The number of fused-ring (bicyclic) bond motifs is 4. The Balaban J connectivity index is 1.16. The minimum Gasteiger partial charge on any atom is -0.492 e. The van der Waals surface area contributed by atoms with Crippen molar-refractivity contribution in [1.29, 1.82) is 0 Å². The van der Waals surface area contributed by atoms with Crippen LogP contribution in [0.4, 0.5) is 5.69 Å². The van der Waals surface area contributed by atoms with E-state index in [1.807, 2.05) is 30.3 Å². The molecule has 1 aromatic heterocycles. The quantitative estimate of drug-likeness (QED) is 0.428. The second-order valence-corrected chi connectivity index (χ2v) is 9.37. The molecule has 2 atom stereocenters. The molecule has 3 aliphatic rings. The molecule has 1 saturated carbocycles. The van der Waals surface area contributed by atoms with E-state index in [4.69, 9.17) is 4.74 Å². The summed E-state index contributed by atoms with van der Waals surface area (Å²) in [7, 11) is 0. The van der Waals surface area contributed by atoms with Gasteiger partial charge in [0, 0.05) is 35.6 Å². The van der Waals surface area contributed by atoms with Crippen LogP contribution in [0.25, 0.3) is 23.1 Å². The summed E-state index contributed by atoms with van der Waals surface area (Å²) in [6, 6.07) is 20.7. The zero-order chi connectivity index (χ0) is 22.7. The highest BCUT2D eigenvalue weighted by molar-refractivity contribution is 6.09. The highest BCUT2D eigenvalue weighted by atomic mass is 16.5. The standard InChI is InChI=1S/C28H24N4O2/c33-27-28(21-3-1-2-4-24(21)30-27)15-22(28)18-7-8-20-23(31-32-25(20)14-18)9-5-17-6-10-26-19(13-17)16-29-11-12-34-26/h1-10,13-14,22,29H,11-12,15-16H2,(H,30,33)(H,31,32)/t22-,28-/m0/s1. The number of H-pyrrole nitrogens is 1. The van der Waals surface area contributed by atoms with Gasteiger partial charge in [0.1, 0.15) is 12.4 Å². The minimum absolute atomic E-state index is 0.119. The van der Waals surface area contributed by atoms with E-state index >= 15 is 0 Å². The fourth-order valence-corrected chi connectivity index (χ4v) is 5.57. The van der Waals surface area contributed by atoms with Crippen LogP contribution in [0, 0.1) is 0 Å². The summed E-state index contributed by atoms with van der Waals surface area (Å²) in [6.45, 7) is 2.37. The van der Waals surface area contributed by atoms with Gasteiger partial charge in [0.05, 0.1) is 16.6 Å². The maximum absolute atomic E-state index is 12.8. The normalized spacial score (nSPS) is 22.9. The van der Waals surface area contributed by atoms with E-state index in [-0.39, 0.29) is 11.8 Å². The Hall–Kier alpha value is -3.90.